The zero-order valence-electron chi connectivity index (χ0n) is 7.26. The van der Waals surface area contributed by atoms with E-state index in [9.17, 15) is 5.11 Å². The van der Waals surface area contributed by atoms with E-state index in [1.165, 1.54) is 0 Å². The molecule has 0 spiro atoms. The van der Waals surface area contributed by atoms with Gasteiger partial charge in [0, 0.05) is 10.0 Å². The summed E-state index contributed by atoms with van der Waals surface area (Å²) in [5, 5.41) is 9.29. The quantitative estimate of drug-likeness (QED) is 0.834. The second kappa shape index (κ2) is 3.00. The summed E-state index contributed by atoms with van der Waals surface area (Å²) in [4.78, 5) is 0. The van der Waals surface area contributed by atoms with Crippen molar-refractivity contribution in [2.45, 2.75) is 24.8 Å². The summed E-state index contributed by atoms with van der Waals surface area (Å²) in [6, 6.07) is 5.30. The molecule has 70 valence electrons. The van der Waals surface area contributed by atoms with Gasteiger partial charge in [-0.05, 0) is 43.0 Å². The van der Waals surface area contributed by atoms with Gasteiger partial charge in [-0.15, -0.1) is 0 Å². The molecule has 13 heavy (non-hydrogen) atoms. The number of phenols is 1. The number of nitrogens with two attached hydrogens (primary N) is 1. The van der Waals surface area contributed by atoms with Crippen molar-refractivity contribution in [3.63, 3.8) is 0 Å². The summed E-state index contributed by atoms with van der Waals surface area (Å²) < 4.78 is 1.03. The first-order chi connectivity index (χ1) is 6.09. The maximum atomic E-state index is 9.29. The summed E-state index contributed by atoms with van der Waals surface area (Å²) in [6.45, 7) is 0. The Morgan fingerprint density at radius 3 is 2.77 bits per heavy atom. The lowest BCUT2D eigenvalue weighted by Crippen LogP contribution is -2.24. The molecule has 1 aliphatic carbocycles. The van der Waals surface area contributed by atoms with E-state index < -0.39 is 0 Å². The van der Waals surface area contributed by atoms with Crippen LogP contribution in [-0.4, -0.2) is 10.6 Å². The normalized spacial score (nSPS) is 18.6. The molecule has 0 radical (unpaired) electrons. The summed E-state index contributed by atoms with van der Waals surface area (Å²) >= 11 is 3.44. The number of aromatic hydroxyl groups is 1. The van der Waals surface area contributed by atoms with Gasteiger partial charge in [0.25, 0.3) is 0 Å². The Morgan fingerprint density at radius 2 is 2.15 bits per heavy atom. The molecule has 0 aromatic heterocycles. The maximum absolute atomic E-state index is 9.29. The monoisotopic (exact) mass is 241 g/mol. The minimum absolute atomic E-state index is 0.00366. The zero-order valence-corrected chi connectivity index (χ0v) is 8.84. The fourth-order valence-electron chi connectivity index (χ4n) is 1.41. The molecule has 0 aliphatic heterocycles. The van der Waals surface area contributed by atoms with E-state index >= 15 is 0 Å². The van der Waals surface area contributed by atoms with Crippen LogP contribution in [0.4, 0.5) is 0 Å². The average molecular weight is 242 g/mol. The number of hydrogen-bond donors (Lipinski definition) is 2. The van der Waals surface area contributed by atoms with Gasteiger partial charge in [-0.3, -0.25) is 0 Å². The lowest BCUT2D eigenvalue weighted by molar-refractivity contribution is 0.474. The molecule has 1 aromatic carbocycles. The Kier molecular flexibility index (Phi) is 2.08. The minimum atomic E-state index is -0.00366. The predicted octanol–water partition coefficient (Wildman–Crippen LogP) is 2.19. The lowest BCUT2D eigenvalue weighted by Gasteiger charge is -2.10. The van der Waals surface area contributed by atoms with Crippen molar-refractivity contribution in [1.29, 1.82) is 0 Å². The van der Waals surface area contributed by atoms with Crippen molar-refractivity contribution in [1.82, 2.24) is 0 Å². The van der Waals surface area contributed by atoms with Crippen LogP contribution in [0.15, 0.2) is 22.7 Å². The minimum Gasteiger partial charge on any atom is -0.508 e. The third kappa shape index (κ3) is 2.03. The Labute approximate surface area is 85.9 Å². The molecule has 2 nitrogen and oxygen atoms in total. The van der Waals surface area contributed by atoms with Gasteiger partial charge < -0.3 is 10.8 Å². The van der Waals surface area contributed by atoms with E-state index in [1.54, 1.807) is 12.1 Å². The van der Waals surface area contributed by atoms with Crippen LogP contribution < -0.4 is 5.73 Å². The van der Waals surface area contributed by atoms with Gasteiger partial charge in [-0.1, -0.05) is 15.9 Å². The van der Waals surface area contributed by atoms with Crippen LogP contribution in [0.2, 0.25) is 0 Å². The maximum Gasteiger partial charge on any atom is 0.115 e. The molecule has 0 bridgehead atoms. The summed E-state index contributed by atoms with van der Waals surface area (Å²) in [7, 11) is 0. The van der Waals surface area contributed by atoms with Crippen molar-refractivity contribution < 1.29 is 5.11 Å². The van der Waals surface area contributed by atoms with Gasteiger partial charge in [0.2, 0.25) is 0 Å². The molecule has 0 unspecified atom stereocenters. The topological polar surface area (TPSA) is 46.2 Å². The molecule has 1 aromatic rings. The lowest BCUT2D eigenvalue weighted by atomic mass is 10.1. The number of halogens is 1. The average Bonchev–Trinajstić information content (AvgIpc) is 2.76. The van der Waals surface area contributed by atoms with Gasteiger partial charge in [0.1, 0.15) is 5.75 Å². The Bertz CT molecular complexity index is 334. The van der Waals surface area contributed by atoms with Crippen LogP contribution in [0.5, 0.6) is 5.75 Å². The Morgan fingerprint density at radius 1 is 1.46 bits per heavy atom. The van der Waals surface area contributed by atoms with Crippen molar-refractivity contribution in [2.75, 3.05) is 0 Å². The molecule has 1 aliphatic rings. The molecular weight excluding hydrogens is 230 g/mol. The van der Waals surface area contributed by atoms with Gasteiger partial charge in [0.15, 0.2) is 0 Å². The molecule has 0 heterocycles. The standard InChI is InChI=1S/C10H12BrNO/c11-9-2-1-8(13)5-7(9)6-10(12)3-4-10/h1-2,5,13H,3-4,6,12H2. The Balaban J connectivity index is 2.23. The van der Waals surface area contributed by atoms with Crippen LogP contribution in [-0.2, 0) is 6.42 Å². The van der Waals surface area contributed by atoms with Gasteiger partial charge in [-0.2, -0.15) is 0 Å². The highest BCUT2D eigenvalue weighted by Crippen LogP contribution is 2.37. The first-order valence-electron chi connectivity index (χ1n) is 4.35. The van der Waals surface area contributed by atoms with E-state index in [4.69, 9.17) is 5.73 Å². The van der Waals surface area contributed by atoms with Crippen molar-refractivity contribution in [3.05, 3.63) is 28.2 Å². The largest absolute Gasteiger partial charge is 0.508 e. The first-order valence-corrected chi connectivity index (χ1v) is 5.15. The molecule has 0 amide bonds. The number of phenolic OH excluding ortho intramolecular Hbond substituents is 1. The molecule has 2 rings (SSSR count). The van der Waals surface area contributed by atoms with E-state index in [-0.39, 0.29) is 5.54 Å². The highest BCUT2D eigenvalue weighted by molar-refractivity contribution is 9.10. The summed E-state index contributed by atoms with van der Waals surface area (Å²) in [5.41, 5.74) is 7.09. The third-order valence-electron chi connectivity index (χ3n) is 2.46. The van der Waals surface area contributed by atoms with E-state index in [1.807, 2.05) is 6.07 Å². The molecule has 3 heteroatoms. The van der Waals surface area contributed by atoms with E-state index in [0.717, 1.165) is 29.3 Å². The molecule has 0 saturated heterocycles. The van der Waals surface area contributed by atoms with Crippen molar-refractivity contribution >= 4 is 15.9 Å². The van der Waals surface area contributed by atoms with E-state index in [2.05, 4.69) is 15.9 Å². The number of rotatable bonds is 2. The molecular formula is C10H12BrNO. The van der Waals surface area contributed by atoms with Gasteiger partial charge >= 0.3 is 0 Å². The zero-order chi connectivity index (χ0) is 9.47. The summed E-state index contributed by atoms with van der Waals surface area (Å²) in [5.74, 6) is 0.308. The number of benzene rings is 1. The molecule has 1 saturated carbocycles. The third-order valence-corrected chi connectivity index (χ3v) is 3.24. The number of hydrogen-bond acceptors (Lipinski definition) is 2. The van der Waals surface area contributed by atoms with Crippen LogP contribution in [0.3, 0.4) is 0 Å². The summed E-state index contributed by atoms with van der Waals surface area (Å²) in [6.07, 6.45) is 3.03. The SMILES string of the molecule is NC1(Cc2cc(O)ccc2Br)CC1. The second-order valence-corrected chi connectivity index (χ2v) is 4.67. The van der Waals surface area contributed by atoms with Crippen LogP contribution in [0.1, 0.15) is 18.4 Å². The Hall–Kier alpha value is -0.540. The molecule has 0 atom stereocenters. The fraction of sp³-hybridized carbons (Fsp3) is 0.400. The smallest absolute Gasteiger partial charge is 0.115 e. The highest BCUT2D eigenvalue weighted by atomic mass is 79.9. The van der Waals surface area contributed by atoms with Crippen molar-refractivity contribution in [3.8, 4) is 5.75 Å². The molecule has 1 fully saturated rings. The van der Waals surface area contributed by atoms with Crippen LogP contribution in [0, 0.1) is 0 Å². The van der Waals surface area contributed by atoms with Gasteiger partial charge in [-0.25, -0.2) is 0 Å². The highest BCUT2D eigenvalue weighted by Gasteiger charge is 2.38. The second-order valence-electron chi connectivity index (χ2n) is 3.81. The van der Waals surface area contributed by atoms with Gasteiger partial charge in [0.05, 0.1) is 0 Å². The first kappa shape index (κ1) is 9.03. The van der Waals surface area contributed by atoms with Crippen LogP contribution >= 0.6 is 15.9 Å². The van der Waals surface area contributed by atoms with E-state index in [0.29, 0.717) is 5.75 Å². The molecule has 3 N–H and O–H groups in total. The van der Waals surface area contributed by atoms with Crippen LogP contribution in [0.25, 0.3) is 0 Å². The fourth-order valence-corrected chi connectivity index (χ4v) is 1.80. The van der Waals surface area contributed by atoms with Crippen molar-refractivity contribution in [2.24, 2.45) is 5.73 Å². The predicted molar refractivity (Wildman–Crippen MR) is 55.7 cm³/mol.